The molecule has 0 aromatic carbocycles. The summed E-state index contributed by atoms with van der Waals surface area (Å²) in [4.78, 5) is 0. The summed E-state index contributed by atoms with van der Waals surface area (Å²) in [6, 6.07) is 0. The molecule has 5 heteroatoms. The Hall–Kier alpha value is -0.200. The van der Waals surface area contributed by atoms with Crippen LogP contribution in [0, 0.1) is 0 Å². The zero-order valence-electron chi connectivity index (χ0n) is 8.26. The van der Waals surface area contributed by atoms with E-state index in [2.05, 4.69) is 0 Å². The Labute approximate surface area is 82.9 Å². The van der Waals surface area contributed by atoms with Crippen LogP contribution in [0.2, 0.25) is 0 Å². The van der Waals surface area contributed by atoms with Crippen LogP contribution in [0.4, 0.5) is 0 Å². The van der Waals surface area contributed by atoms with Crippen LogP contribution in [0.15, 0.2) is 0 Å². The smallest absolute Gasteiger partial charge is 0.168 e. The molecule has 0 aromatic heterocycles. The van der Waals surface area contributed by atoms with E-state index >= 15 is 0 Å². The molecule has 0 aromatic rings. The van der Waals surface area contributed by atoms with Gasteiger partial charge in [0, 0.05) is 12.8 Å². The van der Waals surface area contributed by atoms with Crippen LogP contribution in [0.1, 0.15) is 26.2 Å². The molecule has 0 radical (unpaired) electrons. The topological polar surface area (TPSA) is 90.2 Å². The van der Waals surface area contributed by atoms with E-state index in [1.807, 2.05) is 6.92 Å². The molecular weight excluding hydrogens is 188 g/mol. The van der Waals surface area contributed by atoms with E-state index in [1.165, 1.54) is 0 Å². The summed E-state index contributed by atoms with van der Waals surface area (Å²) in [5, 5.41) is 37.6. The minimum absolute atomic E-state index is 0.0154. The molecule has 1 fully saturated rings. The molecule has 14 heavy (non-hydrogen) atoms. The largest absolute Gasteiger partial charge is 0.394 e. The number of hydrogen-bond acceptors (Lipinski definition) is 5. The summed E-state index contributed by atoms with van der Waals surface area (Å²) >= 11 is 0. The zero-order valence-corrected chi connectivity index (χ0v) is 8.26. The second-order valence-electron chi connectivity index (χ2n) is 3.80. The van der Waals surface area contributed by atoms with E-state index in [9.17, 15) is 15.3 Å². The van der Waals surface area contributed by atoms with Gasteiger partial charge in [-0.2, -0.15) is 0 Å². The normalized spacial score (nSPS) is 43.9. The molecule has 84 valence electrons. The minimum Gasteiger partial charge on any atom is -0.394 e. The fourth-order valence-corrected chi connectivity index (χ4v) is 1.79. The molecule has 0 spiro atoms. The van der Waals surface area contributed by atoms with Gasteiger partial charge < -0.3 is 25.2 Å². The molecule has 1 aliphatic heterocycles. The standard InChI is InChI=1S/C9H18O5/c1-2-3-9(13)4-6(11)8(12)7(5-10)14-9/h6-8,10-13H,2-5H2,1H3. The van der Waals surface area contributed by atoms with E-state index in [4.69, 9.17) is 9.84 Å². The van der Waals surface area contributed by atoms with E-state index in [0.29, 0.717) is 12.8 Å². The summed E-state index contributed by atoms with van der Waals surface area (Å²) < 4.78 is 5.14. The van der Waals surface area contributed by atoms with Crippen LogP contribution >= 0.6 is 0 Å². The summed E-state index contributed by atoms with van der Waals surface area (Å²) in [6.45, 7) is 1.47. The van der Waals surface area contributed by atoms with Crippen LogP contribution in [0.25, 0.3) is 0 Å². The molecule has 0 amide bonds. The lowest BCUT2D eigenvalue weighted by atomic mass is 9.93. The number of aliphatic hydroxyl groups excluding tert-OH is 3. The summed E-state index contributed by atoms with van der Waals surface area (Å²) in [7, 11) is 0. The van der Waals surface area contributed by atoms with Crippen LogP contribution in [0.5, 0.6) is 0 Å². The van der Waals surface area contributed by atoms with Crippen molar-refractivity contribution in [1.29, 1.82) is 0 Å². The highest BCUT2D eigenvalue weighted by Gasteiger charge is 2.44. The maximum Gasteiger partial charge on any atom is 0.168 e. The predicted octanol–water partition coefficient (Wildman–Crippen LogP) is -1.02. The number of aliphatic hydroxyl groups is 4. The maximum atomic E-state index is 9.86. The van der Waals surface area contributed by atoms with Gasteiger partial charge in [0.2, 0.25) is 0 Å². The molecule has 4 N–H and O–H groups in total. The van der Waals surface area contributed by atoms with Crippen molar-refractivity contribution in [2.75, 3.05) is 6.61 Å². The van der Waals surface area contributed by atoms with Crippen molar-refractivity contribution < 1.29 is 25.2 Å². The molecular formula is C9H18O5. The second kappa shape index (κ2) is 4.55. The first-order valence-electron chi connectivity index (χ1n) is 4.89. The predicted molar refractivity (Wildman–Crippen MR) is 48.4 cm³/mol. The third-order valence-corrected chi connectivity index (χ3v) is 2.49. The van der Waals surface area contributed by atoms with Crippen molar-refractivity contribution in [1.82, 2.24) is 0 Å². The van der Waals surface area contributed by atoms with E-state index in [-0.39, 0.29) is 6.42 Å². The Kier molecular flexibility index (Phi) is 3.86. The first-order valence-corrected chi connectivity index (χ1v) is 4.89. The van der Waals surface area contributed by atoms with Crippen LogP contribution in [-0.2, 0) is 4.74 Å². The van der Waals surface area contributed by atoms with Gasteiger partial charge in [-0.05, 0) is 0 Å². The maximum absolute atomic E-state index is 9.86. The average Bonchev–Trinajstić information content (AvgIpc) is 2.12. The molecule has 0 bridgehead atoms. The molecule has 4 unspecified atom stereocenters. The van der Waals surface area contributed by atoms with Crippen molar-refractivity contribution in [3.63, 3.8) is 0 Å². The van der Waals surface area contributed by atoms with Crippen LogP contribution in [0.3, 0.4) is 0 Å². The van der Waals surface area contributed by atoms with E-state index < -0.39 is 30.7 Å². The van der Waals surface area contributed by atoms with Crippen molar-refractivity contribution in [3.05, 3.63) is 0 Å². The van der Waals surface area contributed by atoms with Crippen molar-refractivity contribution in [2.45, 2.75) is 50.3 Å². The zero-order chi connectivity index (χ0) is 10.8. The van der Waals surface area contributed by atoms with Gasteiger partial charge in [0.15, 0.2) is 5.79 Å². The first kappa shape index (κ1) is 11.9. The van der Waals surface area contributed by atoms with E-state index in [0.717, 1.165) is 0 Å². The van der Waals surface area contributed by atoms with Crippen LogP contribution in [-0.4, -0.2) is 51.1 Å². The van der Waals surface area contributed by atoms with Gasteiger partial charge >= 0.3 is 0 Å². The van der Waals surface area contributed by atoms with Gasteiger partial charge in [-0.15, -0.1) is 0 Å². The number of rotatable bonds is 3. The third kappa shape index (κ3) is 2.43. The van der Waals surface area contributed by atoms with Gasteiger partial charge in [-0.25, -0.2) is 0 Å². The highest BCUT2D eigenvalue weighted by atomic mass is 16.6. The molecule has 1 saturated heterocycles. The molecule has 1 heterocycles. The monoisotopic (exact) mass is 206 g/mol. The minimum atomic E-state index is -1.42. The quantitative estimate of drug-likeness (QED) is 0.474. The van der Waals surface area contributed by atoms with Gasteiger partial charge in [-0.1, -0.05) is 13.3 Å². The molecule has 5 nitrogen and oxygen atoms in total. The Balaban J connectivity index is 2.66. The molecule has 0 saturated carbocycles. The van der Waals surface area contributed by atoms with Crippen molar-refractivity contribution >= 4 is 0 Å². The van der Waals surface area contributed by atoms with Gasteiger partial charge in [-0.3, -0.25) is 0 Å². The Bertz CT molecular complexity index is 186. The summed E-state index contributed by atoms with van der Waals surface area (Å²) in [5.74, 6) is -1.42. The molecule has 1 aliphatic rings. The summed E-state index contributed by atoms with van der Waals surface area (Å²) in [5.41, 5.74) is 0. The third-order valence-electron chi connectivity index (χ3n) is 2.49. The Morgan fingerprint density at radius 2 is 2.07 bits per heavy atom. The molecule has 0 aliphatic carbocycles. The highest BCUT2D eigenvalue weighted by Crippen LogP contribution is 2.30. The second-order valence-corrected chi connectivity index (χ2v) is 3.80. The van der Waals surface area contributed by atoms with Crippen molar-refractivity contribution in [3.8, 4) is 0 Å². The van der Waals surface area contributed by atoms with E-state index in [1.54, 1.807) is 0 Å². The van der Waals surface area contributed by atoms with Gasteiger partial charge in [0.05, 0.1) is 12.7 Å². The fraction of sp³-hybridized carbons (Fsp3) is 1.00. The van der Waals surface area contributed by atoms with Crippen LogP contribution < -0.4 is 0 Å². The lowest BCUT2D eigenvalue weighted by molar-refractivity contribution is -0.307. The first-order chi connectivity index (χ1) is 6.52. The number of ether oxygens (including phenoxy) is 1. The molecule has 4 atom stereocenters. The average molecular weight is 206 g/mol. The highest BCUT2D eigenvalue weighted by molar-refractivity contribution is 4.88. The van der Waals surface area contributed by atoms with Crippen molar-refractivity contribution in [2.24, 2.45) is 0 Å². The van der Waals surface area contributed by atoms with Gasteiger partial charge in [0.1, 0.15) is 12.2 Å². The van der Waals surface area contributed by atoms with Gasteiger partial charge in [0.25, 0.3) is 0 Å². The molecule has 1 rings (SSSR count). The summed E-state index contributed by atoms with van der Waals surface area (Å²) in [6.07, 6.45) is -2.01. The SMILES string of the molecule is CCCC1(O)CC(O)C(O)C(CO)O1. The number of hydrogen-bond donors (Lipinski definition) is 4. The fourth-order valence-electron chi connectivity index (χ4n) is 1.79. The lowest BCUT2D eigenvalue weighted by Gasteiger charge is -2.41. The Morgan fingerprint density at radius 1 is 1.43 bits per heavy atom. The lowest BCUT2D eigenvalue weighted by Crippen LogP contribution is -2.55. The Morgan fingerprint density at radius 3 is 2.57 bits per heavy atom.